The lowest BCUT2D eigenvalue weighted by molar-refractivity contribution is -0.135. The highest BCUT2D eigenvalue weighted by atomic mass is 19.1. The minimum absolute atomic E-state index is 0.151. The van der Waals surface area contributed by atoms with E-state index in [1.165, 1.54) is 16.8 Å². The van der Waals surface area contributed by atoms with Gasteiger partial charge in [-0.3, -0.25) is 14.5 Å². The number of urea groups is 1. The van der Waals surface area contributed by atoms with Crippen molar-refractivity contribution in [2.45, 2.75) is 58.9 Å². The summed E-state index contributed by atoms with van der Waals surface area (Å²) >= 11 is 0. The fourth-order valence-electron chi connectivity index (χ4n) is 4.83. The molecule has 176 valence electrons. The number of benzene rings is 1. The number of carbonyl (C=O) groups excluding carboxylic acids is 3. The Morgan fingerprint density at radius 3 is 2.45 bits per heavy atom. The van der Waals surface area contributed by atoms with E-state index in [2.05, 4.69) is 36.5 Å². The van der Waals surface area contributed by atoms with Crippen LogP contribution in [-0.4, -0.2) is 44.6 Å². The number of nitrogens with one attached hydrogen (secondary N) is 2. The molecule has 4 amide bonds. The lowest BCUT2D eigenvalue weighted by atomic mass is 9.67. The number of nitrogens with zero attached hydrogens (tertiary/aromatic N) is 3. The average molecular weight is 456 g/mol. The van der Waals surface area contributed by atoms with Gasteiger partial charge in [0.05, 0.1) is 11.4 Å². The maximum Gasteiger partial charge on any atom is 0.325 e. The second-order valence-electron chi connectivity index (χ2n) is 10.2. The van der Waals surface area contributed by atoms with Gasteiger partial charge in [-0.05, 0) is 68.2 Å². The molecule has 1 saturated heterocycles. The molecule has 1 spiro atoms. The fraction of sp³-hybridized carbons (Fsp3) is 0.500. The van der Waals surface area contributed by atoms with Gasteiger partial charge in [-0.2, -0.15) is 5.10 Å². The van der Waals surface area contributed by atoms with E-state index in [4.69, 9.17) is 0 Å². The van der Waals surface area contributed by atoms with Crippen molar-refractivity contribution in [3.63, 3.8) is 0 Å². The van der Waals surface area contributed by atoms with E-state index in [0.717, 1.165) is 17.7 Å². The monoisotopic (exact) mass is 455 g/mol. The standard InChI is InChI=1S/C24H30FN5O3/c1-15-13-19(30(28-15)18-7-5-17(25)6-8-18)26-20(31)14-29-21(32)24(27-22(29)33)11-9-16(10-12-24)23(2,3)4/h5-8,13,16H,9-12,14H2,1-4H3,(H,26,31)(H,27,33). The summed E-state index contributed by atoms with van der Waals surface area (Å²) in [5.41, 5.74) is 0.466. The Morgan fingerprint density at radius 1 is 1.21 bits per heavy atom. The fourth-order valence-corrected chi connectivity index (χ4v) is 4.83. The summed E-state index contributed by atoms with van der Waals surface area (Å²) < 4.78 is 14.8. The van der Waals surface area contributed by atoms with Crippen LogP contribution in [0.5, 0.6) is 0 Å². The molecule has 1 aromatic carbocycles. The van der Waals surface area contributed by atoms with Gasteiger partial charge >= 0.3 is 6.03 Å². The predicted octanol–water partition coefficient (Wildman–Crippen LogP) is 3.79. The van der Waals surface area contributed by atoms with E-state index in [0.29, 0.717) is 36.0 Å². The summed E-state index contributed by atoms with van der Waals surface area (Å²) in [5, 5.41) is 9.93. The van der Waals surface area contributed by atoms with Gasteiger partial charge in [-0.1, -0.05) is 20.8 Å². The minimum atomic E-state index is -0.911. The molecule has 2 aliphatic rings. The molecule has 2 heterocycles. The van der Waals surface area contributed by atoms with E-state index < -0.39 is 17.5 Å². The number of aryl methyl sites for hydroxylation is 1. The summed E-state index contributed by atoms with van der Waals surface area (Å²) in [6.07, 6.45) is 2.86. The van der Waals surface area contributed by atoms with Gasteiger partial charge in [-0.25, -0.2) is 13.9 Å². The summed E-state index contributed by atoms with van der Waals surface area (Å²) in [7, 11) is 0. The van der Waals surface area contributed by atoms with Crippen molar-refractivity contribution in [3.8, 4) is 5.69 Å². The lowest BCUT2D eigenvalue weighted by Crippen LogP contribution is -2.51. The first-order valence-corrected chi connectivity index (χ1v) is 11.3. The quantitative estimate of drug-likeness (QED) is 0.686. The number of hydrogen-bond donors (Lipinski definition) is 2. The van der Waals surface area contributed by atoms with Gasteiger partial charge in [0.15, 0.2) is 0 Å². The van der Waals surface area contributed by atoms with Gasteiger partial charge in [-0.15, -0.1) is 0 Å². The number of amides is 4. The van der Waals surface area contributed by atoms with E-state index >= 15 is 0 Å². The molecule has 1 aliphatic carbocycles. The van der Waals surface area contributed by atoms with E-state index in [1.54, 1.807) is 25.1 Å². The maximum absolute atomic E-state index is 13.3. The largest absolute Gasteiger partial charge is 0.325 e. The Hall–Kier alpha value is -3.23. The van der Waals surface area contributed by atoms with Gasteiger partial charge in [0.1, 0.15) is 23.7 Å². The predicted molar refractivity (Wildman–Crippen MR) is 121 cm³/mol. The Kier molecular flexibility index (Phi) is 5.76. The van der Waals surface area contributed by atoms with E-state index in [1.807, 2.05) is 0 Å². The van der Waals surface area contributed by atoms with Gasteiger partial charge < -0.3 is 10.6 Å². The van der Waals surface area contributed by atoms with Crippen LogP contribution in [0, 0.1) is 24.1 Å². The highest BCUT2D eigenvalue weighted by molar-refractivity contribution is 6.10. The van der Waals surface area contributed by atoms with Crippen LogP contribution < -0.4 is 10.6 Å². The lowest BCUT2D eigenvalue weighted by Gasteiger charge is -2.40. The zero-order valence-corrected chi connectivity index (χ0v) is 19.4. The molecule has 9 heteroatoms. The molecule has 0 atom stereocenters. The molecule has 33 heavy (non-hydrogen) atoms. The van der Waals surface area contributed by atoms with Gasteiger partial charge in [0.25, 0.3) is 5.91 Å². The SMILES string of the molecule is Cc1cc(NC(=O)CN2C(=O)NC3(CCC(C(C)(C)C)CC3)C2=O)n(-c2ccc(F)cc2)n1. The second kappa shape index (κ2) is 8.28. The van der Waals surface area contributed by atoms with Crippen LogP contribution in [0.15, 0.2) is 30.3 Å². The smallest absolute Gasteiger partial charge is 0.323 e. The third kappa shape index (κ3) is 4.49. The highest BCUT2D eigenvalue weighted by Gasteiger charge is 2.53. The molecule has 1 saturated carbocycles. The molecule has 1 aliphatic heterocycles. The number of imide groups is 1. The van der Waals surface area contributed by atoms with Crippen LogP contribution in [0.4, 0.5) is 15.0 Å². The van der Waals surface area contributed by atoms with Crippen molar-refractivity contribution in [1.82, 2.24) is 20.0 Å². The number of halogens is 1. The molecule has 2 aromatic rings. The van der Waals surface area contributed by atoms with Crippen molar-refractivity contribution in [2.75, 3.05) is 11.9 Å². The third-order valence-electron chi connectivity index (χ3n) is 6.78. The Morgan fingerprint density at radius 2 is 1.85 bits per heavy atom. The van der Waals surface area contributed by atoms with E-state index in [9.17, 15) is 18.8 Å². The molecule has 1 aromatic heterocycles. The van der Waals surface area contributed by atoms with E-state index in [-0.39, 0.29) is 23.7 Å². The van der Waals surface area contributed by atoms with Crippen LogP contribution in [-0.2, 0) is 9.59 Å². The average Bonchev–Trinajstić information content (AvgIpc) is 3.20. The van der Waals surface area contributed by atoms with Crippen molar-refractivity contribution in [3.05, 3.63) is 41.8 Å². The number of hydrogen-bond acceptors (Lipinski definition) is 4. The van der Waals surface area contributed by atoms with Gasteiger partial charge in [0.2, 0.25) is 5.91 Å². The molecule has 4 rings (SSSR count). The number of anilines is 1. The Labute approximate surface area is 192 Å². The summed E-state index contributed by atoms with van der Waals surface area (Å²) in [5.74, 6) is -0.366. The van der Waals surface area contributed by atoms with Crippen molar-refractivity contribution >= 4 is 23.7 Å². The van der Waals surface area contributed by atoms with Crippen LogP contribution in [0.2, 0.25) is 0 Å². The molecule has 2 fully saturated rings. The summed E-state index contributed by atoms with van der Waals surface area (Å²) in [6, 6.07) is 6.84. The first-order valence-electron chi connectivity index (χ1n) is 11.3. The zero-order valence-electron chi connectivity index (χ0n) is 19.4. The minimum Gasteiger partial charge on any atom is -0.323 e. The van der Waals surface area contributed by atoms with Gasteiger partial charge in [0, 0.05) is 6.07 Å². The molecule has 0 unspecified atom stereocenters. The molecule has 8 nitrogen and oxygen atoms in total. The Balaban J connectivity index is 1.44. The summed E-state index contributed by atoms with van der Waals surface area (Å²) in [4.78, 5) is 39.6. The molecule has 0 bridgehead atoms. The number of carbonyl (C=O) groups is 3. The summed E-state index contributed by atoms with van der Waals surface area (Å²) in [6.45, 7) is 7.96. The Bertz CT molecular complexity index is 1080. The van der Waals surface area contributed by atoms with Crippen LogP contribution in [0.3, 0.4) is 0 Å². The van der Waals surface area contributed by atoms with Crippen LogP contribution in [0.1, 0.15) is 52.1 Å². The highest BCUT2D eigenvalue weighted by Crippen LogP contribution is 2.43. The van der Waals surface area contributed by atoms with Crippen molar-refractivity contribution in [1.29, 1.82) is 0 Å². The first-order chi connectivity index (χ1) is 15.5. The molecular formula is C24H30FN5O3. The van der Waals surface area contributed by atoms with Crippen LogP contribution in [0.25, 0.3) is 5.69 Å². The first kappa shape index (κ1) is 22.9. The zero-order chi connectivity index (χ0) is 24.0. The second-order valence-corrected chi connectivity index (χ2v) is 10.2. The number of rotatable bonds is 4. The normalized spacial score (nSPS) is 23.2. The van der Waals surface area contributed by atoms with Crippen molar-refractivity contribution < 1.29 is 18.8 Å². The van der Waals surface area contributed by atoms with Crippen molar-refractivity contribution in [2.24, 2.45) is 11.3 Å². The topological polar surface area (TPSA) is 96.3 Å². The third-order valence-corrected chi connectivity index (χ3v) is 6.78. The van der Waals surface area contributed by atoms with Crippen LogP contribution >= 0.6 is 0 Å². The molecular weight excluding hydrogens is 425 g/mol. The molecule has 0 radical (unpaired) electrons. The number of aromatic nitrogens is 2. The molecule has 2 N–H and O–H groups in total. The maximum atomic E-state index is 13.3.